The Morgan fingerprint density at radius 3 is 3.12 bits per heavy atom. The van der Waals surface area contributed by atoms with Crippen molar-refractivity contribution in [2.75, 3.05) is 32.9 Å². The summed E-state index contributed by atoms with van der Waals surface area (Å²) in [6.07, 6.45) is 5.00. The van der Waals surface area contributed by atoms with Crippen molar-refractivity contribution in [3.05, 3.63) is 47.2 Å². The number of hydrogen-bond donors (Lipinski definition) is 1. The molecule has 6 heteroatoms. The fraction of sp³-hybridized carbons (Fsp3) is 0.500. The van der Waals surface area contributed by atoms with Crippen molar-refractivity contribution in [1.82, 2.24) is 14.7 Å². The molecular weight excluding hydrogens is 326 g/mol. The number of aliphatic hydroxyl groups excluding tert-OH is 1. The Morgan fingerprint density at radius 2 is 2.33 bits per heavy atom. The first-order chi connectivity index (χ1) is 11.7. The molecule has 24 heavy (non-hydrogen) atoms. The highest BCUT2D eigenvalue weighted by molar-refractivity contribution is 6.30. The van der Waals surface area contributed by atoms with Crippen LogP contribution in [0.4, 0.5) is 0 Å². The van der Waals surface area contributed by atoms with Crippen molar-refractivity contribution in [2.45, 2.75) is 13.0 Å². The summed E-state index contributed by atoms with van der Waals surface area (Å²) in [6, 6.07) is 7.68. The third-order valence-electron chi connectivity index (χ3n) is 5.31. The molecule has 0 aliphatic carbocycles. The molecule has 2 saturated heterocycles. The summed E-state index contributed by atoms with van der Waals surface area (Å²) in [7, 11) is 0. The lowest BCUT2D eigenvalue weighted by molar-refractivity contribution is -0.0561. The minimum atomic E-state index is -0.0821. The van der Waals surface area contributed by atoms with E-state index in [4.69, 9.17) is 16.3 Å². The monoisotopic (exact) mass is 347 g/mol. The Labute approximate surface area is 146 Å². The maximum absolute atomic E-state index is 9.88. The van der Waals surface area contributed by atoms with E-state index in [9.17, 15) is 5.11 Å². The number of halogens is 1. The van der Waals surface area contributed by atoms with Crippen LogP contribution >= 0.6 is 11.6 Å². The molecule has 2 fully saturated rings. The van der Waals surface area contributed by atoms with E-state index in [0.717, 1.165) is 38.3 Å². The second-order valence-electron chi connectivity index (χ2n) is 7.00. The van der Waals surface area contributed by atoms with Crippen LogP contribution in [0.5, 0.6) is 0 Å². The molecule has 0 unspecified atom stereocenters. The number of rotatable bonds is 4. The van der Waals surface area contributed by atoms with Crippen molar-refractivity contribution in [3.63, 3.8) is 0 Å². The number of hydrogen-bond acceptors (Lipinski definition) is 4. The van der Waals surface area contributed by atoms with Gasteiger partial charge >= 0.3 is 0 Å². The molecular formula is C18H22ClN3O2. The van der Waals surface area contributed by atoms with Gasteiger partial charge in [0.25, 0.3) is 0 Å². The molecule has 0 bridgehead atoms. The Kier molecular flexibility index (Phi) is 4.35. The topological polar surface area (TPSA) is 50.5 Å². The lowest BCUT2D eigenvalue weighted by Crippen LogP contribution is -2.42. The standard InChI is InChI=1S/C18H22ClN3O2/c19-16-2-1-3-17(6-16)22-9-14(7-20-22)8-21-10-15-4-5-24-13-18(15,11-21)12-23/h1-3,6-7,9,15,23H,4-5,8,10-13H2/t15-,18+/m0/s1. The van der Waals surface area contributed by atoms with Gasteiger partial charge in [0, 0.05) is 48.4 Å². The van der Waals surface area contributed by atoms with Crippen LogP contribution in [-0.2, 0) is 11.3 Å². The van der Waals surface area contributed by atoms with Crippen molar-refractivity contribution in [3.8, 4) is 5.69 Å². The van der Waals surface area contributed by atoms with Gasteiger partial charge in [-0.3, -0.25) is 4.90 Å². The predicted molar refractivity (Wildman–Crippen MR) is 92.3 cm³/mol. The molecule has 2 aliphatic heterocycles. The summed E-state index contributed by atoms with van der Waals surface area (Å²) in [5, 5.41) is 15.0. The minimum absolute atomic E-state index is 0.0821. The summed E-state index contributed by atoms with van der Waals surface area (Å²) in [6.45, 7) is 4.44. The fourth-order valence-electron chi connectivity index (χ4n) is 4.01. The van der Waals surface area contributed by atoms with Gasteiger partial charge in [0.1, 0.15) is 0 Å². The van der Waals surface area contributed by atoms with E-state index in [1.165, 1.54) is 5.56 Å². The minimum Gasteiger partial charge on any atom is -0.396 e. The van der Waals surface area contributed by atoms with E-state index in [0.29, 0.717) is 17.5 Å². The van der Waals surface area contributed by atoms with Gasteiger partial charge in [0.15, 0.2) is 0 Å². The second-order valence-corrected chi connectivity index (χ2v) is 7.44. The molecule has 2 atom stereocenters. The number of fused-ring (bicyclic) bond motifs is 1. The van der Waals surface area contributed by atoms with E-state index in [1.807, 2.05) is 35.1 Å². The van der Waals surface area contributed by atoms with Gasteiger partial charge in [-0.05, 0) is 30.5 Å². The quantitative estimate of drug-likeness (QED) is 0.922. The van der Waals surface area contributed by atoms with Gasteiger partial charge in [0.2, 0.25) is 0 Å². The summed E-state index contributed by atoms with van der Waals surface area (Å²) in [5.74, 6) is 0.527. The maximum Gasteiger partial charge on any atom is 0.0660 e. The number of benzene rings is 1. The number of aromatic nitrogens is 2. The average molecular weight is 348 g/mol. The molecule has 0 saturated carbocycles. The first-order valence-electron chi connectivity index (χ1n) is 8.39. The average Bonchev–Trinajstić information content (AvgIpc) is 3.19. The van der Waals surface area contributed by atoms with Crippen molar-refractivity contribution in [1.29, 1.82) is 0 Å². The SMILES string of the molecule is OC[C@]12COCC[C@H]1CN(Cc1cnn(-c3cccc(Cl)c3)c1)C2. The second kappa shape index (κ2) is 6.48. The first kappa shape index (κ1) is 16.1. The predicted octanol–water partition coefficient (Wildman–Crippen LogP) is 2.36. The molecule has 2 aliphatic rings. The zero-order valence-corrected chi connectivity index (χ0v) is 14.3. The molecule has 5 nitrogen and oxygen atoms in total. The largest absolute Gasteiger partial charge is 0.396 e. The fourth-order valence-corrected chi connectivity index (χ4v) is 4.20. The highest BCUT2D eigenvalue weighted by Gasteiger charge is 2.47. The zero-order valence-electron chi connectivity index (χ0n) is 13.6. The Morgan fingerprint density at radius 1 is 1.42 bits per heavy atom. The van der Waals surface area contributed by atoms with Crippen LogP contribution in [0.3, 0.4) is 0 Å². The Balaban J connectivity index is 1.47. The van der Waals surface area contributed by atoms with Gasteiger partial charge in [-0.25, -0.2) is 4.68 Å². The molecule has 2 aromatic rings. The molecule has 128 valence electrons. The van der Waals surface area contributed by atoms with Crippen LogP contribution in [0.1, 0.15) is 12.0 Å². The normalized spacial score (nSPS) is 27.3. The lowest BCUT2D eigenvalue weighted by Gasteiger charge is -2.36. The molecule has 1 aromatic heterocycles. The van der Waals surface area contributed by atoms with E-state index < -0.39 is 0 Å². The molecule has 1 N–H and O–H groups in total. The Bertz CT molecular complexity index is 720. The lowest BCUT2D eigenvalue weighted by atomic mass is 9.76. The van der Waals surface area contributed by atoms with E-state index in [2.05, 4.69) is 16.2 Å². The highest BCUT2D eigenvalue weighted by atomic mass is 35.5. The molecule has 1 aromatic carbocycles. The summed E-state index contributed by atoms with van der Waals surface area (Å²) in [4.78, 5) is 2.41. The smallest absolute Gasteiger partial charge is 0.0660 e. The summed E-state index contributed by atoms with van der Waals surface area (Å²) in [5.41, 5.74) is 2.05. The van der Waals surface area contributed by atoms with E-state index >= 15 is 0 Å². The number of ether oxygens (including phenoxy) is 1. The van der Waals surface area contributed by atoms with Crippen molar-refractivity contribution >= 4 is 11.6 Å². The van der Waals surface area contributed by atoms with Crippen LogP contribution in [-0.4, -0.2) is 52.7 Å². The maximum atomic E-state index is 9.88. The van der Waals surface area contributed by atoms with Crippen LogP contribution in [0, 0.1) is 11.3 Å². The number of likely N-dealkylation sites (tertiary alicyclic amines) is 1. The van der Waals surface area contributed by atoms with Crippen LogP contribution in [0.2, 0.25) is 5.02 Å². The summed E-state index contributed by atoms with van der Waals surface area (Å²) < 4.78 is 7.49. The third kappa shape index (κ3) is 2.97. The third-order valence-corrected chi connectivity index (χ3v) is 5.55. The molecule has 0 spiro atoms. The van der Waals surface area contributed by atoms with Crippen molar-refractivity contribution in [2.24, 2.45) is 11.3 Å². The number of nitrogens with zero attached hydrogens (tertiary/aromatic N) is 3. The first-order valence-corrected chi connectivity index (χ1v) is 8.77. The molecule has 4 rings (SSSR count). The molecule has 0 radical (unpaired) electrons. The Hall–Kier alpha value is -1.40. The van der Waals surface area contributed by atoms with Gasteiger partial charge in [0.05, 0.1) is 25.1 Å². The van der Waals surface area contributed by atoms with Crippen LogP contribution in [0.15, 0.2) is 36.7 Å². The highest BCUT2D eigenvalue weighted by Crippen LogP contribution is 2.41. The van der Waals surface area contributed by atoms with Crippen LogP contribution < -0.4 is 0 Å². The van der Waals surface area contributed by atoms with Gasteiger partial charge in [-0.15, -0.1) is 0 Å². The van der Waals surface area contributed by atoms with Gasteiger partial charge in [-0.2, -0.15) is 5.10 Å². The van der Waals surface area contributed by atoms with E-state index in [-0.39, 0.29) is 12.0 Å². The summed E-state index contributed by atoms with van der Waals surface area (Å²) >= 11 is 6.06. The van der Waals surface area contributed by atoms with Crippen LogP contribution in [0.25, 0.3) is 5.69 Å². The molecule has 0 amide bonds. The zero-order chi connectivity index (χ0) is 16.6. The number of aliphatic hydroxyl groups is 1. The van der Waals surface area contributed by atoms with E-state index in [1.54, 1.807) is 0 Å². The van der Waals surface area contributed by atoms with Gasteiger partial charge in [-0.1, -0.05) is 17.7 Å². The van der Waals surface area contributed by atoms with Crippen molar-refractivity contribution < 1.29 is 9.84 Å². The van der Waals surface area contributed by atoms with Gasteiger partial charge < -0.3 is 9.84 Å². The molecule has 3 heterocycles.